The summed E-state index contributed by atoms with van der Waals surface area (Å²) in [5.74, 6) is 0. The molecule has 1 N–H and O–H groups in total. The first kappa shape index (κ1) is 11.5. The van der Waals surface area contributed by atoms with Crippen molar-refractivity contribution in [3.63, 3.8) is 0 Å². The number of hydrogen-bond acceptors (Lipinski definition) is 2. The van der Waals surface area contributed by atoms with Crippen molar-refractivity contribution in [1.29, 1.82) is 0 Å². The Morgan fingerprint density at radius 3 is 2.53 bits per heavy atom. The van der Waals surface area contributed by atoms with Gasteiger partial charge in [0, 0.05) is 24.5 Å². The van der Waals surface area contributed by atoms with Crippen molar-refractivity contribution >= 4 is 0 Å². The zero-order valence-corrected chi connectivity index (χ0v) is 9.37. The Bertz CT molecular complexity index is 584. The number of H-pyrrole nitrogens is 1. The highest BCUT2D eigenvalue weighted by molar-refractivity contribution is 5.64. The Morgan fingerprint density at radius 1 is 1.41 bits per heavy atom. The fourth-order valence-electron chi connectivity index (χ4n) is 1.71. The molecule has 0 saturated heterocycles. The van der Waals surface area contributed by atoms with Crippen LogP contribution < -0.4 is 5.56 Å². The lowest BCUT2D eigenvalue weighted by molar-refractivity contribution is 0.146. The average molecular weight is 239 g/mol. The molecule has 0 fully saturated rings. The maximum absolute atomic E-state index is 12.3. The molecular weight excluding hydrogens is 228 g/mol. The topological polar surface area (TPSA) is 50.7 Å². The van der Waals surface area contributed by atoms with Crippen LogP contribution in [0.1, 0.15) is 17.8 Å². The zero-order valence-electron chi connectivity index (χ0n) is 9.37. The first-order valence-electron chi connectivity index (χ1n) is 5.00. The van der Waals surface area contributed by atoms with Gasteiger partial charge in [-0.15, -0.1) is 0 Å². The van der Waals surface area contributed by atoms with Gasteiger partial charge in [0.05, 0.1) is 5.56 Å². The molecule has 4 nitrogen and oxygen atoms in total. The SMILES string of the molecule is Cc1[nH]n(C)c(=O)c1-c1ccc(C(F)F)nc1. The molecule has 0 aliphatic carbocycles. The number of hydrogen-bond donors (Lipinski definition) is 1. The average Bonchev–Trinajstić information content (AvgIpc) is 2.53. The van der Waals surface area contributed by atoms with Crippen LogP contribution >= 0.6 is 0 Å². The third-order valence-electron chi connectivity index (χ3n) is 2.53. The summed E-state index contributed by atoms with van der Waals surface area (Å²) in [6.45, 7) is 1.75. The van der Waals surface area contributed by atoms with E-state index in [1.54, 1.807) is 14.0 Å². The smallest absolute Gasteiger partial charge is 0.280 e. The predicted molar refractivity (Wildman–Crippen MR) is 59.0 cm³/mol. The van der Waals surface area contributed by atoms with Crippen LogP contribution in [0, 0.1) is 6.92 Å². The molecule has 17 heavy (non-hydrogen) atoms. The molecule has 0 aromatic carbocycles. The van der Waals surface area contributed by atoms with Crippen LogP contribution in [0.2, 0.25) is 0 Å². The molecule has 0 aliphatic heterocycles. The Balaban J connectivity index is 2.50. The van der Waals surface area contributed by atoms with Gasteiger partial charge in [-0.25, -0.2) is 8.78 Å². The summed E-state index contributed by atoms with van der Waals surface area (Å²) in [6, 6.07) is 2.71. The highest BCUT2D eigenvalue weighted by Gasteiger charge is 2.13. The second-order valence-corrected chi connectivity index (χ2v) is 3.75. The summed E-state index contributed by atoms with van der Waals surface area (Å²) in [6.07, 6.45) is -1.31. The number of aromatic amines is 1. The number of nitrogens with one attached hydrogen (secondary N) is 1. The number of alkyl halides is 2. The van der Waals surface area contributed by atoms with Gasteiger partial charge in [0.15, 0.2) is 0 Å². The van der Waals surface area contributed by atoms with Gasteiger partial charge in [-0.05, 0) is 13.0 Å². The Morgan fingerprint density at radius 2 is 2.12 bits per heavy atom. The predicted octanol–water partition coefficient (Wildman–Crippen LogP) is 2.02. The maximum atomic E-state index is 12.3. The highest BCUT2D eigenvalue weighted by atomic mass is 19.3. The Kier molecular flexibility index (Phi) is 2.79. The molecule has 90 valence electrons. The fraction of sp³-hybridized carbons (Fsp3) is 0.273. The van der Waals surface area contributed by atoms with E-state index in [-0.39, 0.29) is 11.3 Å². The summed E-state index contributed by atoms with van der Waals surface area (Å²) in [7, 11) is 1.60. The van der Waals surface area contributed by atoms with Gasteiger partial charge in [-0.1, -0.05) is 6.07 Å². The molecule has 0 spiro atoms. The first-order valence-corrected chi connectivity index (χ1v) is 5.00. The maximum Gasteiger partial charge on any atom is 0.280 e. The number of aryl methyl sites for hydroxylation is 2. The summed E-state index contributed by atoms with van der Waals surface area (Å²) in [5, 5.41) is 2.84. The molecule has 0 atom stereocenters. The van der Waals surface area contributed by atoms with Gasteiger partial charge < -0.3 is 0 Å². The van der Waals surface area contributed by atoms with E-state index in [1.165, 1.54) is 23.0 Å². The molecule has 0 unspecified atom stereocenters. The molecule has 0 radical (unpaired) electrons. The van der Waals surface area contributed by atoms with Crippen molar-refractivity contribution in [2.75, 3.05) is 0 Å². The molecule has 2 rings (SSSR count). The van der Waals surface area contributed by atoms with Crippen molar-refractivity contribution in [2.45, 2.75) is 13.3 Å². The standard InChI is InChI=1S/C11H11F2N3O/c1-6-9(11(17)16(2)15-6)7-3-4-8(10(12)13)14-5-7/h3-5,10,15H,1-2H3. The quantitative estimate of drug-likeness (QED) is 0.871. The van der Waals surface area contributed by atoms with E-state index < -0.39 is 6.43 Å². The first-order chi connectivity index (χ1) is 8.00. The van der Waals surface area contributed by atoms with Crippen LogP contribution in [0.15, 0.2) is 23.1 Å². The van der Waals surface area contributed by atoms with Crippen molar-refractivity contribution < 1.29 is 8.78 Å². The van der Waals surface area contributed by atoms with Gasteiger partial charge in [0.2, 0.25) is 0 Å². The van der Waals surface area contributed by atoms with Gasteiger partial charge in [-0.3, -0.25) is 19.6 Å². The second kappa shape index (κ2) is 4.12. The molecule has 2 aromatic rings. The van der Waals surface area contributed by atoms with E-state index in [0.717, 1.165) is 0 Å². The van der Waals surface area contributed by atoms with Crippen LogP contribution in [0.5, 0.6) is 0 Å². The second-order valence-electron chi connectivity index (χ2n) is 3.75. The van der Waals surface area contributed by atoms with E-state index >= 15 is 0 Å². The van der Waals surface area contributed by atoms with E-state index in [2.05, 4.69) is 10.1 Å². The molecule has 2 aromatic heterocycles. The van der Waals surface area contributed by atoms with Crippen LogP contribution in [-0.4, -0.2) is 14.8 Å². The monoisotopic (exact) mass is 239 g/mol. The minimum atomic E-state index is -2.60. The van der Waals surface area contributed by atoms with E-state index in [0.29, 0.717) is 16.8 Å². The molecule has 2 heterocycles. The summed E-state index contributed by atoms with van der Waals surface area (Å²) < 4.78 is 26.0. The van der Waals surface area contributed by atoms with E-state index in [9.17, 15) is 13.6 Å². The van der Waals surface area contributed by atoms with Crippen LogP contribution in [-0.2, 0) is 7.05 Å². The molecular formula is C11H11F2N3O. The third kappa shape index (κ3) is 1.98. The lowest BCUT2D eigenvalue weighted by atomic mass is 10.1. The largest absolute Gasteiger partial charge is 0.300 e. The summed E-state index contributed by atoms with van der Waals surface area (Å²) in [4.78, 5) is 15.4. The van der Waals surface area contributed by atoms with Gasteiger partial charge in [-0.2, -0.15) is 0 Å². The van der Waals surface area contributed by atoms with Gasteiger partial charge in [0.25, 0.3) is 12.0 Å². The number of aromatic nitrogens is 3. The van der Waals surface area contributed by atoms with Crippen molar-refractivity contribution in [2.24, 2.45) is 7.05 Å². The van der Waals surface area contributed by atoms with Crippen molar-refractivity contribution in [1.82, 2.24) is 14.8 Å². The normalized spacial score (nSPS) is 11.1. The zero-order chi connectivity index (χ0) is 12.6. The van der Waals surface area contributed by atoms with E-state index in [1.807, 2.05) is 0 Å². The lowest BCUT2D eigenvalue weighted by Crippen LogP contribution is -2.13. The van der Waals surface area contributed by atoms with Gasteiger partial charge >= 0.3 is 0 Å². The molecule has 0 saturated carbocycles. The molecule has 0 amide bonds. The molecule has 0 aliphatic rings. The number of nitrogens with zero attached hydrogens (tertiary/aromatic N) is 2. The van der Waals surface area contributed by atoms with Crippen LogP contribution in [0.4, 0.5) is 8.78 Å². The molecule has 0 bridgehead atoms. The minimum Gasteiger partial charge on any atom is -0.300 e. The van der Waals surface area contributed by atoms with Crippen LogP contribution in [0.25, 0.3) is 11.1 Å². The summed E-state index contributed by atoms with van der Waals surface area (Å²) >= 11 is 0. The lowest BCUT2D eigenvalue weighted by Gasteiger charge is -2.00. The number of halogens is 2. The van der Waals surface area contributed by atoms with Crippen LogP contribution in [0.3, 0.4) is 0 Å². The molecule has 6 heteroatoms. The number of pyridine rings is 1. The Labute approximate surface area is 95.9 Å². The van der Waals surface area contributed by atoms with Crippen molar-refractivity contribution in [3.8, 4) is 11.1 Å². The number of rotatable bonds is 2. The minimum absolute atomic E-state index is 0.200. The Hall–Kier alpha value is -1.98. The van der Waals surface area contributed by atoms with E-state index in [4.69, 9.17) is 0 Å². The van der Waals surface area contributed by atoms with Gasteiger partial charge in [0.1, 0.15) is 5.69 Å². The highest BCUT2D eigenvalue weighted by Crippen LogP contribution is 2.21. The summed E-state index contributed by atoms with van der Waals surface area (Å²) in [5.41, 5.74) is 1.19. The van der Waals surface area contributed by atoms with Crippen molar-refractivity contribution in [3.05, 3.63) is 40.1 Å². The fourth-order valence-corrected chi connectivity index (χ4v) is 1.71. The third-order valence-corrected chi connectivity index (χ3v) is 2.53.